The number of nitrogens with two attached hydrogens (primary N) is 1. The quantitative estimate of drug-likeness (QED) is 0.171. The fraction of sp³-hybridized carbons (Fsp3) is 0.417. The van der Waals surface area contributed by atoms with Gasteiger partial charge in [-0.25, -0.2) is 23.8 Å². The van der Waals surface area contributed by atoms with Crippen molar-refractivity contribution in [3.05, 3.63) is 41.4 Å². The number of anilines is 2. The predicted octanol–water partition coefficient (Wildman–Crippen LogP) is 0.745. The number of nitrogens with one attached hydrogen (secondary N) is 1. The summed E-state index contributed by atoms with van der Waals surface area (Å²) in [6.07, 6.45) is -5.53. The monoisotopic (exact) mass is 593 g/mol. The number of urea groups is 1. The summed E-state index contributed by atoms with van der Waals surface area (Å²) in [5.41, 5.74) is 3.95. The van der Waals surface area contributed by atoms with Crippen molar-refractivity contribution in [1.82, 2.24) is 24.8 Å². The molecule has 0 spiro atoms. The van der Waals surface area contributed by atoms with E-state index >= 15 is 4.39 Å². The van der Waals surface area contributed by atoms with E-state index < -0.39 is 55.2 Å². The molecule has 2 aliphatic rings. The summed E-state index contributed by atoms with van der Waals surface area (Å²) in [4.78, 5) is 49.9. The number of halogens is 2. The zero-order valence-corrected chi connectivity index (χ0v) is 21.9. The summed E-state index contributed by atoms with van der Waals surface area (Å²) in [5, 5.41) is 32.8. The molecule has 0 radical (unpaired) electrons. The Labute approximate surface area is 235 Å². The minimum absolute atomic E-state index is 0.0276. The fourth-order valence-corrected chi connectivity index (χ4v) is 4.93. The van der Waals surface area contributed by atoms with Crippen molar-refractivity contribution in [3.8, 4) is 0 Å². The van der Waals surface area contributed by atoms with Gasteiger partial charge in [0.2, 0.25) is 5.28 Å². The van der Waals surface area contributed by atoms with Crippen molar-refractivity contribution in [2.45, 2.75) is 43.1 Å². The van der Waals surface area contributed by atoms with Gasteiger partial charge in [0, 0.05) is 25.2 Å². The number of aliphatic hydroxyl groups is 1. The van der Waals surface area contributed by atoms with Crippen molar-refractivity contribution in [2.24, 2.45) is 0 Å². The molecule has 17 heteroatoms. The Morgan fingerprint density at radius 2 is 1.95 bits per heavy atom. The van der Waals surface area contributed by atoms with E-state index in [1.54, 1.807) is 12.1 Å². The number of carboxylic acids is 2. The van der Waals surface area contributed by atoms with E-state index in [0.29, 0.717) is 18.8 Å². The third-order valence-electron chi connectivity index (χ3n) is 6.95. The van der Waals surface area contributed by atoms with Crippen LogP contribution in [0.5, 0.6) is 0 Å². The van der Waals surface area contributed by atoms with E-state index in [1.807, 2.05) is 0 Å². The smallest absolute Gasteiger partial charge is 0.348 e. The number of aromatic nitrogens is 4. The predicted molar refractivity (Wildman–Crippen MR) is 139 cm³/mol. The molecule has 2 aliphatic heterocycles. The van der Waals surface area contributed by atoms with Gasteiger partial charge in [-0.3, -0.25) is 9.47 Å². The number of rotatable bonds is 9. The maximum atomic E-state index is 15.2. The molecule has 6 N–H and O–H groups in total. The molecular weight excluding hydrogens is 569 g/mol. The summed E-state index contributed by atoms with van der Waals surface area (Å²) >= 11 is 5.85. The van der Waals surface area contributed by atoms with Gasteiger partial charge < -0.3 is 35.8 Å². The first-order chi connectivity index (χ1) is 19.5. The van der Waals surface area contributed by atoms with Gasteiger partial charge in [-0.1, -0.05) is 12.1 Å². The molecule has 4 heterocycles. The van der Waals surface area contributed by atoms with Crippen molar-refractivity contribution < 1.29 is 43.6 Å². The average Bonchev–Trinajstić information content (AvgIpc) is 3.47. The van der Waals surface area contributed by atoms with Crippen LogP contribution in [0.2, 0.25) is 5.28 Å². The van der Waals surface area contributed by atoms with Gasteiger partial charge in [-0.15, -0.1) is 0 Å². The summed E-state index contributed by atoms with van der Waals surface area (Å²) < 4.78 is 27.3. The number of fused-ring (bicyclic) bond motifs is 1. The second-order valence-electron chi connectivity index (χ2n) is 9.53. The van der Waals surface area contributed by atoms with Crippen LogP contribution in [0.1, 0.15) is 18.2 Å². The highest BCUT2D eigenvalue weighted by Crippen LogP contribution is 2.35. The zero-order valence-electron chi connectivity index (χ0n) is 21.2. The van der Waals surface area contributed by atoms with E-state index in [2.05, 4.69) is 20.3 Å². The number of aliphatic carboxylic acids is 2. The molecule has 218 valence electrons. The highest BCUT2D eigenvalue weighted by molar-refractivity contribution is 6.28. The lowest BCUT2D eigenvalue weighted by Gasteiger charge is -2.29. The SMILES string of the molecule is Nc1nc(Cl)nc2c1ncn2[C@@H]1O[C@H](COC(Cc2ccc(N3CCCNC3=O)cc2)(C(=O)O)C(=O)O)[C@@H](O)[C@@H]1F. The van der Waals surface area contributed by atoms with Crippen LogP contribution < -0.4 is 16.0 Å². The maximum Gasteiger partial charge on any atom is 0.348 e. The van der Waals surface area contributed by atoms with Crippen LogP contribution in [-0.2, 0) is 25.5 Å². The number of hydrogen-bond donors (Lipinski definition) is 5. The van der Waals surface area contributed by atoms with Gasteiger partial charge in [-0.2, -0.15) is 9.97 Å². The second kappa shape index (κ2) is 11.0. The minimum atomic E-state index is -2.80. The van der Waals surface area contributed by atoms with E-state index in [-0.39, 0.29) is 33.9 Å². The number of imidazole rings is 1. The number of carboxylic acid groups (broad SMARTS) is 2. The van der Waals surface area contributed by atoms with Crippen LogP contribution in [0.25, 0.3) is 11.2 Å². The largest absolute Gasteiger partial charge is 0.479 e. The lowest BCUT2D eigenvalue weighted by Crippen LogP contribution is -2.52. The van der Waals surface area contributed by atoms with Gasteiger partial charge in [0.05, 0.1) is 12.9 Å². The Kier molecular flexibility index (Phi) is 7.65. The molecular formula is C24H25ClFN7O8. The lowest BCUT2D eigenvalue weighted by molar-refractivity contribution is -0.190. The highest BCUT2D eigenvalue weighted by atomic mass is 35.5. The van der Waals surface area contributed by atoms with Crippen LogP contribution >= 0.6 is 11.6 Å². The van der Waals surface area contributed by atoms with Crippen LogP contribution in [0.15, 0.2) is 30.6 Å². The molecule has 15 nitrogen and oxygen atoms in total. The van der Waals surface area contributed by atoms with Crippen molar-refractivity contribution in [2.75, 3.05) is 30.3 Å². The average molecular weight is 594 g/mol. The number of carbonyl (C=O) groups is 3. The van der Waals surface area contributed by atoms with Crippen molar-refractivity contribution >= 4 is 52.2 Å². The summed E-state index contributed by atoms with van der Waals surface area (Å²) in [6.45, 7) is 0.266. The van der Waals surface area contributed by atoms with Crippen molar-refractivity contribution in [3.63, 3.8) is 0 Å². The Morgan fingerprint density at radius 3 is 2.61 bits per heavy atom. The first-order valence-electron chi connectivity index (χ1n) is 12.4. The van der Waals surface area contributed by atoms with Gasteiger partial charge >= 0.3 is 18.0 Å². The fourth-order valence-electron chi connectivity index (χ4n) is 4.76. The Hall–Kier alpha value is -4.12. The number of amides is 2. The summed E-state index contributed by atoms with van der Waals surface area (Å²) in [6, 6.07) is 5.82. The number of aliphatic hydroxyl groups excluding tert-OH is 1. The first-order valence-corrected chi connectivity index (χ1v) is 12.8. The van der Waals surface area contributed by atoms with E-state index in [4.69, 9.17) is 26.8 Å². The molecule has 41 heavy (non-hydrogen) atoms. The molecule has 2 fully saturated rings. The lowest BCUT2D eigenvalue weighted by atomic mass is 9.94. The maximum absolute atomic E-state index is 15.2. The molecule has 1 aromatic carbocycles. The zero-order chi connectivity index (χ0) is 29.5. The van der Waals surface area contributed by atoms with Crippen LogP contribution in [0, 0.1) is 0 Å². The molecule has 3 aromatic rings. The van der Waals surface area contributed by atoms with Crippen LogP contribution in [0.4, 0.5) is 20.7 Å². The number of alkyl halides is 1. The number of carbonyl (C=O) groups excluding carboxylic acids is 1. The van der Waals surface area contributed by atoms with E-state index in [9.17, 15) is 29.7 Å². The van der Waals surface area contributed by atoms with E-state index in [1.165, 1.54) is 17.0 Å². The van der Waals surface area contributed by atoms with Gasteiger partial charge in [-0.05, 0) is 35.7 Å². The Balaban J connectivity index is 1.33. The molecule has 0 unspecified atom stereocenters. The topological polar surface area (TPSA) is 215 Å². The molecule has 5 rings (SSSR count). The minimum Gasteiger partial charge on any atom is -0.479 e. The Morgan fingerprint density at radius 1 is 1.24 bits per heavy atom. The summed E-state index contributed by atoms with van der Waals surface area (Å²) in [5.74, 6) is -3.69. The number of ether oxygens (including phenoxy) is 2. The number of nitrogens with zero attached hydrogens (tertiary/aromatic N) is 5. The Bertz CT molecular complexity index is 1470. The molecule has 2 saturated heterocycles. The molecule has 0 aliphatic carbocycles. The van der Waals surface area contributed by atoms with Gasteiger partial charge in [0.15, 0.2) is 23.9 Å². The molecule has 2 aromatic heterocycles. The first kappa shape index (κ1) is 28.4. The number of benzene rings is 1. The third-order valence-corrected chi connectivity index (χ3v) is 7.12. The van der Waals surface area contributed by atoms with Crippen LogP contribution in [-0.4, -0.2) is 96.5 Å². The van der Waals surface area contributed by atoms with Gasteiger partial charge in [0.1, 0.15) is 17.7 Å². The summed E-state index contributed by atoms with van der Waals surface area (Å²) in [7, 11) is 0. The number of nitrogen functional groups attached to an aromatic ring is 1. The molecule has 0 bridgehead atoms. The number of hydrogen-bond acceptors (Lipinski definition) is 10. The highest BCUT2D eigenvalue weighted by Gasteiger charge is 2.52. The normalized spacial score (nSPS) is 23.1. The van der Waals surface area contributed by atoms with Crippen molar-refractivity contribution in [1.29, 1.82) is 0 Å². The molecule has 0 saturated carbocycles. The molecule has 4 atom stereocenters. The third kappa shape index (κ3) is 5.21. The van der Waals surface area contributed by atoms with E-state index in [0.717, 1.165) is 17.3 Å². The standard InChI is InChI=1S/C24H25ClFN7O8/c25-22-30-17(27)15-18(31-22)33(10-29-15)19-14(26)16(34)13(41-19)9-40-24(20(35)36,21(37)38)8-11-2-4-12(5-3-11)32-7-1-6-28-23(32)39/h2-5,10,13-14,16,19,34H,1,6-9H2,(H,28,39)(H,35,36)(H,37,38)(H2,27,30,31)/t13-,14+,16-,19-/m1/s1. The molecule has 2 amide bonds. The second-order valence-corrected chi connectivity index (χ2v) is 9.87. The van der Waals surface area contributed by atoms with Crippen LogP contribution in [0.3, 0.4) is 0 Å². The van der Waals surface area contributed by atoms with Gasteiger partial charge in [0.25, 0.3) is 5.60 Å².